The number of rotatable bonds is 7. The number of ether oxygens (including phenoxy) is 2. The van der Waals surface area contributed by atoms with E-state index in [0.29, 0.717) is 23.5 Å². The summed E-state index contributed by atoms with van der Waals surface area (Å²) in [6.07, 6.45) is 4.63. The molecule has 1 aliphatic carbocycles. The first kappa shape index (κ1) is 22.9. The molecule has 2 aromatic rings. The van der Waals surface area contributed by atoms with Crippen molar-refractivity contribution in [1.82, 2.24) is 4.90 Å². The lowest BCUT2D eigenvalue weighted by Gasteiger charge is -2.31. The summed E-state index contributed by atoms with van der Waals surface area (Å²) in [4.78, 5) is 28.2. The van der Waals surface area contributed by atoms with Crippen molar-refractivity contribution in [3.63, 3.8) is 0 Å². The Morgan fingerprint density at radius 2 is 1.82 bits per heavy atom. The predicted octanol–water partition coefficient (Wildman–Crippen LogP) is 5.16. The second-order valence-electron chi connectivity index (χ2n) is 8.72. The summed E-state index contributed by atoms with van der Waals surface area (Å²) in [5.74, 6) is -0.0629. The molecule has 6 heteroatoms. The number of Topliss-reactive ketones (excluding diaryl/α,β-unsaturated/α-hetero) is 1. The maximum absolute atomic E-state index is 13.3. The van der Waals surface area contributed by atoms with Crippen molar-refractivity contribution in [1.29, 1.82) is 0 Å². The van der Waals surface area contributed by atoms with E-state index < -0.39 is 17.7 Å². The number of carbonyl (C=O) groups is 2. The first-order chi connectivity index (χ1) is 16.0. The number of likely N-dealkylation sites (tertiary alicyclic amines) is 1. The minimum Gasteiger partial charge on any atom is -0.507 e. The summed E-state index contributed by atoms with van der Waals surface area (Å²) >= 11 is 0. The Morgan fingerprint density at radius 1 is 1.09 bits per heavy atom. The molecule has 1 unspecified atom stereocenters. The number of aryl methyl sites for hydroxylation is 1. The van der Waals surface area contributed by atoms with E-state index in [2.05, 4.69) is 0 Å². The lowest BCUT2D eigenvalue weighted by atomic mass is 9.93. The summed E-state index contributed by atoms with van der Waals surface area (Å²) in [6.45, 7) is 4.54. The zero-order chi connectivity index (χ0) is 23.5. The Kier molecular flexibility index (Phi) is 6.72. The first-order valence-corrected chi connectivity index (χ1v) is 11.6. The highest BCUT2D eigenvalue weighted by Crippen LogP contribution is 2.46. The quantitative estimate of drug-likeness (QED) is 0.359. The third-order valence-electron chi connectivity index (χ3n) is 6.54. The number of amides is 1. The Balaban J connectivity index is 1.85. The van der Waals surface area contributed by atoms with Gasteiger partial charge >= 0.3 is 0 Å². The van der Waals surface area contributed by atoms with Crippen LogP contribution in [0.25, 0.3) is 5.76 Å². The Labute approximate surface area is 194 Å². The summed E-state index contributed by atoms with van der Waals surface area (Å²) in [6, 6.07) is 12.0. The van der Waals surface area contributed by atoms with Crippen molar-refractivity contribution in [2.45, 2.75) is 58.0 Å². The van der Waals surface area contributed by atoms with Gasteiger partial charge in [0.25, 0.3) is 11.7 Å². The molecule has 2 fully saturated rings. The van der Waals surface area contributed by atoms with Gasteiger partial charge in [0, 0.05) is 17.2 Å². The van der Waals surface area contributed by atoms with Gasteiger partial charge in [-0.1, -0.05) is 38.0 Å². The molecule has 1 heterocycles. The van der Waals surface area contributed by atoms with Crippen LogP contribution in [0.2, 0.25) is 0 Å². The van der Waals surface area contributed by atoms with Crippen LogP contribution >= 0.6 is 0 Å². The molecule has 2 aliphatic rings. The zero-order valence-corrected chi connectivity index (χ0v) is 19.5. The van der Waals surface area contributed by atoms with Crippen LogP contribution in [-0.2, 0) is 9.59 Å². The molecule has 2 aromatic carbocycles. The van der Waals surface area contributed by atoms with Crippen LogP contribution in [0.3, 0.4) is 0 Å². The van der Waals surface area contributed by atoms with Crippen molar-refractivity contribution in [2.24, 2.45) is 0 Å². The van der Waals surface area contributed by atoms with Crippen molar-refractivity contribution in [2.75, 3.05) is 13.7 Å². The van der Waals surface area contributed by atoms with Crippen LogP contribution in [0.4, 0.5) is 0 Å². The molecule has 1 saturated heterocycles. The molecular formula is C27H31NO5. The minimum absolute atomic E-state index is 0.0341. The maximum atomic E-state index is 13.3. The van der Waals surface area contributed by atoms with Crippen molar-refractivity contribution in [3.05, 3.63) is 64.7 Å². The van der Waals surface area contributed by atoms with Crippen LogP contribution in [0.15, 0.2) is 48.0 Å². The highest BCUT2D eigenvalue weighted by atomic mass is 16.5. The fourth-order valence-electron chi connectivity index (χ4n) is 4.93. The highest BCUT2D eigenvalue weighted by Gasteiger charge is 2.50. The smallest absolute Gasteiger partial charge is 0.295 e. The number of para-hydroxylation sites is 1. The van der Waals surface area contributed by atoms with Gasteiger partial charge in [-0.2, -0.15) is 0 Å². The van der Waals surface area contributed by atoms with Gasteiger partial charge in [-0.25, -0.2) is 0 Å². The number of methoxy groups -OCH3 is 1. The van der Waals surface area contributed by atoms with Gasteiger partial charge in [0.1, 0.15) is 17.3 Å². The molecule has 174 valence electrons. The first-order valence-electron chi connectivity index (χ1n) is 11.6. The molecule has 0 aromatic heterocycles. The lowest BCUT2D eigenvalue weighted by molar-refractivity contribution is -0.141. The van der Waals surface area contributed by atoms with E-state index in [-0.39, 0.29) is 17.4 Å². The van der Waals surface area contributed by atoms with Crippen molar-refractivity contribution >= 4 is 17.4 Å². The van der Waals surface area contributed by atoms with Crippen LogP contribution in [0.1, 0.15) is 61.8 Å². The highest BCUT2D eigenvalue weighted by molar-refractivity contribution is 6.46. The number of nitrogens with zero attached hydrogens (tertiary/aromatic N) is 1. The number of aliphatic hydroxyl groups excluding tert-OH is 1. The van der Waals surface area contributed by atoms with Crippen LogP contribution < -0.4 is 9.47 Å². The third-order valence-corrected chi connectivity index (χ3v) is 6.54. The third kappa shape index (κ3) is 4.22. The van der Waals surface area contributed by atoms with E-state index >= 15 is 0 Å². The zero-order valence-electron chi connectivity index (χ0n) is 19.5. The van der Waals surface area contributed by atoms with Gasteiger partial charge in [-0.3, -0.25) is 9.59 Å². The van der Waals surface area contributed by atoms with E-state index in [4.69, 9.17) is 9.47 Å². The summed E-state index contributed by atoms with van der Waals surface area (Å²) in [5.41, 5.74) is 2.15. The predicted molar refractivity (Wildman–Crippen MR) is 126 cm³/mol. The molecular weight excluding hydrogens is 418 g/mol. The lowest BCUT2D eigenvalue weighted by Crippen LogP contribution is -2.37. The molecule has 1 amide bonds. The van der Waals surface area contributed by atoms with E-state index in [1.165, 1.54) is 0 Å². The number of carbonyl (C=O) groups excluding carboxylic acids is 2. The van der Waals surface area contributed by atoms with E-state index in [0.717, 1.165) is 43.4 Å². The van der Waals surface area contributed by atoms with E-state index in [1.807, 2.05) is 38.1 Å². The second-order valence-corrected chi connectivity index (χ2v) is 8.72. The molecule has 1 N–H and O–H groups in total. The molecule has 4 rings (SSSR count). The number of benzene rings is 2. The molecule has 1 aliphatic heterocycles. The second kappa shape index (κ2) is 9.69. The van der Waals surface area contributed by atoms with Gasteiger partial charge < -0.3 is 19.5 Å². The van der Waals surface area contributed by atoms with Gasteiger partial charge in [-0.15, -0.1) is 0 Å². The van der Waals surface area contributed by atoms with Crippen LogP contribution in [0, 0.1) is 6.92 Å². The van der Waals surface area contributed by atoms with Crippen molar-refractivity contribution < 1.29 is 24.2 Å². The monoisotopic (exact) mass is 449 g/mol. The number of aliphatic hydroxyl groups is 1. The normalized spacial score (nSPS) is 20.5. The molecule has 0 radical (unpaired) electrons. The Morgan fingerprint density at radius 3 is 2.48 bits per heavy atom. The fraction of sp³-hybridized carbons (Fsp3) is 0.407. The summed E-state index contributed by atoms with van der Waals surface area (Å²) in [7, 11) is 1.57. The van der Waals surface area contributed by atoms with E-state index in [9.17, 15) is 14.7 Å². The SMILES string of the molecule is CCCOc1ccc(/C(O)=C2\C(=O)C(=O)N(C3CCCC3)C2c2ccccc2OC)cc1C. The average Bonchev–Trinajstić information content (AvgIpc) is 3.44. The minimum atomic E-state index is -0.694. The summed E-state index contributed by atoms with van der Waals surface area (Å²) in [5, 5.41) is 11.4. The van der Waals surface area contributed by atoms with Gasteiger partial charge in [0.05, 0.1) is 25.3 Å². The van der Waals surface area contributed by atoms with Gasteiger partial charge in [0.15, 0.2) is 0 Å². The molecule has 1 atom stereocenters. The number of ketones is 1. The maximum Gasteiger partial charge on any atom is 0.295 e. The number of hydrogen-bond acceptors (Lipinski definition) is 5. The van der Waals surface area contributed by atoms with Crippen LogP contribution in [0.5, 0.6) is 11.5 Å². The number of hydrogen-bond donors (Lipinski definition) is 1. The molecule has 1 saturated carbocycles. The average molecular weight is 450 g/mol. The molecule has 6 nitrogen and oxygen atoms in total. The Bertz CT molecular complexity index is 1080. The van der Waals surface area contributed by atoms with Gasteiger partial charge in [0.2, 0.25) is 0 Å². The topological polar surface area (TPSA) is 76.1 Å². The van der Waals surface area contributed by atoms with E-state index in [1.54, 1.807) is 30.2 Å². The molecule has 0 bridgehead atoms. The summed E-state index contributed by atoms with van der Waals surface area (Å²) < 4.78 is 11.3. The fourth-order valence-corrected chi connectivity index (χ4v) is 4.93. The standard InChI is InChI=1S/C27H31NO5/c1-4-15-33-21-14-13-18(16-17(21)2)25(29)23-24(20-11-7-8-12-22(20)32-3)28(27(31)26(23)30)19-9-5-6-10-19/h7-8,11-14,16,19,24,29H,4-6,9-10,15H2,1-3H3/b25-23+. The molecule has 33 heavy (non-hydrogen) atoms. The Hall–Kier alpha value is -3.28. The van der Waals surface area contributed by atoms with Crippen LogP contribution in [-0.4, -0.2) is 41.5 Å². The van der Waals surface area contributed by atoms with Crippen molar-refractivity contribution in [3.8, 4) is 11.5 Å². The van der Waals surface area contributed by atoms with Gasteiger partial charge in [-0.05, 0) is 56.0 Å². The largest absolute Gasteiger partial charge is 0.507 e. The molecule has 0 spiro atoms.